The summed E-state index contributed by atoms with van der Waals surface area (Å²) in [6.07, 6.45) is 0. The van der Waals surface area contributed by atoms with Crippen LogP contribution < -0.4 is 14.8 Å². The number of H-pyrrole nitrogens is 1. The summed E-state index contributed by atoms with van der Waals surface area (Å²) < 4.78 is 10.8. The van der Waals surface area contributed by atoms with Crippen LogP contribution >= 0.6 is 23.4 Å². The molecule has 4 aromatic rings. The lowest BCUT2D eigenvalue weighted by atomic mass is 10.1. The molecule has 0 fully saturated rings. The molecule has 1 heterocycles. The number of hydrogen-bond donors (Lipinski definition) is 2. The average molecular weight is 467 g/mol. The molecule has 0 aliphatic carbocycles. The molecule has 2 N–H and O–H groups in total. The Bertz CT molecular complexity index is 1270. The Morgan fingerprint density at radius 3 is 2.56 bits per heavy atom. The van der Waals surface area contributed by atoms with Crippen molar-refractivity contribution in [2.45, 2.75) is 23.3 Å². The van der Waals surface area contributed by atoms with E-state index in [1.165, 1.54) is 11.8 Å². The maximum absolute atomic E-state index is 13.2. The van der Waals surface area contributed by atoms with Crippen LogP contribution in [0.1, 0.15) is 21.6 Å². The zero-order valence-corrected chi connectivity index (χ0v) is 19.6. The molecule has 0 radical (unpaired) electrons. The number of carbonyl (C=O) groups is 1. The van der Waals surface area contributed by atoms with Crippen LogP contribution in [0.4, 0.5) is 0 Å². The number of rotatable bonds is 7. The highest BCUT2D eigenvalue weighted by Gasteiger charge is 2.20. The fourth-order valence-electron chi connectivity index (χ4n) is 3.53. The van der Waals surface area contributed by atoms with E-state index in [4.69, 9.17) is 21.1 Å². The number of hydrogen-bond acceptors (Lipinski definition) is 4. The van der Waals surface area contributed by atoms with Gasteiger partial charge in [-0.05, 0) is 48.9 Å². The van der Waals surface area contributed by atoms with Gasteiger partial charge in [-0.25, -0.2) is 0 Å². The summed E-state index contributed by atoms with van der Waals surface area (Å²) in [5, 5.41) is 4.69. The number of carbonyl (C=O) groups excluding carboxylic acids is 1. The molecule has 1 amide bonds. The van der Waals surface area contributed by atoms with E-state index in [1.54, 1.807) is 14.2 Å². The SMILES string of the molecule is COc1cccc(CNC(=O)c2[nH]c3cc(C)ccc3c2Sc2ccc(Cl)cc2)c1OC. The summed E-state index contributed by atoms with van der Waals surface area (Å²) in [4.78, 5) is 18.4. The zero-order chi connectivity index (χ0) is 22.7. The van der Waals surface area contributed by atoms with Crippen LogP contribution in [-0.4, -0.2) is 25.1 Å². The molecule has 0 unspecified atom stereocenters. The first-order chi connectivity index (χ1) is 15.5. The van der Waals surface area contributed by atoms with Crippen molar-refractivity contribution in [3.63, 3.8) is 0 Å². The molecule has 7 heteroatoms. The predicted molar refractivity (Wildman–Crippen MR) is 129 cm³/mol. The predicted octanol–water partition coefficient (Wildman–Crippen LogP) is 6.23. The number of amides is 1. The summed E-state index contributed by atoms with van der Waals surface area (Å²) in [6, 6.07) is 19.3. The summed E-state index contributed by atoms with van der Waals surface area (Å²) in [6.45, 7) is 2.33. The van der Waals surface area contributed by atoms with Gasteiger partial charge in [0.2, 0.25) is 0 Å². The number of halogens is 1. The first-order valence-electron chi connectivity index (χ1n) is 10.0. The third kappa shape index (κ3) is 4.56. The molecule has 0 saturated heterocycles. The maximum atomic E-state index is 13.2. The molecule has 0 aliphatic rings. The molecular weight excluding hydrogens is 444 g/mol. The van der Waals surface area contributed by atoms with Gasteiger partial charge in [0.15, 0.2) is 11.5 Å². The Kier molecular flexibility index (Phi) is 6.63. The smallest absolute Gasteiger partial charge is 0.269 e. The van der Waals surface area contributed by atoms with Crippen molar-refractivity contribution in [3.05, 3.63) is 82.5 Å². The lowest BCUT2D eigenvalue weighted by molar-refractivity contribution is 0.0943. The number of aryl methyl sites for hydroxylation is 1. The van der Waals surface area contributed by atoms with E-state index in [1.807, 2.05) is 67.6 Å². The number of ether oxygens (including phenoxy) is 2. The van der Waals surface area contributed by atoms with E-state index in [0.717, 1.165) is 31.8 Å². The Balaban J connectivity index is 1.66. The van der Waals surface area contributed by atoms with E-state index in [0.29, 0.717) is 28.8 Å². The summed E-state index contributed by atoms with van der Waals surface area (Å²) >= 11 is 7.57. The van der Waals surface area contributed by atoms with E-state index >= 15 is 0 Å². The van der Waals surface area contributed by atoms with Crippen LogP contribution in [0.15, 0.2) is 70.5 Å². The standard InChI is InChI=1S/C25H23ClN2O3S/c1-15-7-12-19-20(13-15)28-22(24(19)32-18-10-8-17(26)9-11-18)25(29)27-14-16-5-4-6-21(30-2)23(16)31-3/h4-13,28H,14H2,1-3H3,(H,27,29). The molecule has 32 heavy (non-hydrogen) atoms. The van der Waals surface area contributed by atoms with Crippen LogP contribution in [-0.2, 0) is 6.54 Å². The van der Waals surface area contributed by atoms with Crippen molar-refractivity contribution >= 4 is 40.2 Å². The number of aromatic amines is 1. The summed E-state index contributed by atoms with van der Waals surface area (Å²) in [7, 11) is 3.18. The minimum Gasteiger partial charge on any atom is -0.493 e. The molecule has 0 saturated carbocycles. The number of para-hydroxylation sites is 1. The molecule has 0 aliphatic heterocycles. The third-order valence-corrected chi connectivity index (χ3v) is 6.48. The van der Waals surface area contributed by atoms with Crippen LogP contribution in [0.25, 0.3) is 10.9 Å². The van der Waals surface area contributed by atoms with Crippen molar-refractivity contribution in [1.82, 2.24) is 10.3 Å². The van der Waals surface area contributed by atoms with Gasteiger partial charge in [0, 0.05) is 32.9 Å². The van der Waals surface area contributed by atoms with Gasteiger partial charge in [-0.2, -0.15) is 0 Å². The largest absolute Gasteiger partial charge is 0.493 e. The maximum Gasteiger partial charge on any atom is 0.269 e. The van der Waals surface area contributed by atoms with Gasteiger partial charge >= 0.3 is 0 Å². The van der Waals surface area contributed by atoms with Crippen molar-refractivity contribution in [2.24, 2.45) is 0 Å². The number of methoxy groups -OCH3 is 2. The molecule has 1 aromatic heterocycles. The monoisotopic (exact) mass is 466 g/mol. The number of nitrogens with one attached hydrogen (secondary N) is 2. The first kappa shape index (κ1) is 22.1. The normalized spacial score (nSPS) is 10.9. The van der Waals surface area contributed by atoms with Gasteiger partial charge in [0.1, 0.15) is 5.69 Å². The quantitative estimate of drug-likeness (QED) is 0.339. The highest BCUT2D eigenvalue weighted by Crippen LogP contribution is 2.37. The van der Waals surface area contributed by atoms with Crippen LogP contribution in [0.2, 0.25) is 5.02 Å². The lowest BCUT2D eigenvalue weighted by Crippen LogP contribution is -2.24. The van der Waals surface area contributed by atoms with Crippen molar-refractivity contribution in [3.8, 4) is 11.5 Å². The van der Waals surface area contributed by atoms with Crippen LogP contribution in [0, 0.1) is 6.92 Å². The lowest BCUT2D eigenvalue weighted by Gasteiger charge is -2.13. The summed E-state index contributed by atoms with van der Waals surface area (Å²) in [5.74, 6) is 1.04. The van der Waals surface area contributed by atoms with E-state index < -0.39 is 0 Å². The second kappa shape index (κ2) is 9.59. The third-order valence-electron chi connectivity index (χ3n) is 5.09. The average Bonchev–Trinajstić information content (AvgIpc) is 3.15. The molecule has 3 aromatic carbocycles. The molecule has 0 bridgehead atoms. The first-order valence-corrected chi connectivity index (χ1v) is 11.2. The minimum atomic E-state index is -0.194. The van der Waals surface area contributed by atoms with Gasteiger partial charge in [-0.3, -0.25) is 4.79 Å². The Hall–Kier alpha value is -3.09. The highest BCUT2D eigenvalue weighted by atomic mass is 35.5. The van der Waals surface area contributed by atoms with Gasteiger partial charge in [-0.1, -0.05) is 47.6 Å². The zero-order valence-electron chi connectivity index (χ0n) is 18.0. The van der Waals surface area contributed by atoms with Gasteiger partial charge in [-0.15, -0.1) is 0 Å². The van der Waals surface area contributed by atoms with E-state index in [2.05, 4.69) is 10.3 Å². The van der Waals surface area contributed by atoms with Gasteiger partial charge in [0.25, 0.3) is 5.91 Å². The number of benzene rings is 3. The van der Waals surface area contributed by atoms with Crippen LogP contribution in [0.5, 0.6) is 11.5 Å². The highest BCUT2D eigenvalue weighted by molar-refractivity contribution is 7.99. The van der Waals surface area contributed by atoms with E-state index in [-0.39, 0.29) is 5.91 Å². The van der Waals surface area contributed by atoms with Crippen molar-refractivity contribution < 1.29 is 14.3 Å². The number of fused-ring (bicyclic) bond motifs is 1. The molecule has 4 rings (SSSR count). The Labute approximate surface area is 196 Å². The fraction of sp³-hybridized carbons (Fsp3) is 0.160. The van der Waals surface area contributed by atoms with Gasteiger partial charge in [0.05, 0.1) is 19.1 Å². The molecule has 164 valence electrons. The summed E-state index contributed by atoms with van der Waals surface area (Å²) in [5.41, 5.74) is 3.40. The second-order valence-corrected chi connectivity index (χ2v) is 8.79. The fourth-order valence-corrected chi connectivity index (χ4v) is 4.70. The second-order valence-electron chi connectivity index (χ2n) is 7.27. The number of aromatic nitrogens is 1. The minimum absolute atomic E-state index is 0.194. The Morgan fingerprint density at radius 1 is 1.06 bits per heavy atom. The molecular formula is C25H23ClN2O3S. The topological polar surface area (TPSA) is 63.3 Å². The molecule has 0 spiro atoms. The van der Waals surface area contributed by atoms with Gasteiger partial charge < -0.3 is 19.8 Å². The molecule has 0 atom stereocenters. The van der Waals surface area contributed by atoms with Crippen molar-refractivity contribution in [1.29, 1.82) is 0 Å². The van der Waals surface area contributed by atoms with E-state index in [9.17, 15) is 4.79 Å². The van der Waals surface area contributed by atoms with Crippen LogP contribution in [0.3, 0.4) is 0 Å². The Morgan fingerprint density at radius 2 is 1.84 bits per heavy atom. The molecule has 5 nitrogen and oxygen atoms in total. The van der Waals surface area contributed by atoms with Crippen molar-refractivity contribution in [2.75, 3.05) is 14.2 Å².